The maximum Gasteiger partial charge on any atom is 0.410 e. The average molecular weight is 829 g/mol. The van der Waals surface area contributed by atoms with Crippen LogP contribution in [0.3, 0.4) is 0 Å². The molecule has 1 heterocycles. The molecular formula is C44H72N6O9. The van der Waals surface area contributed by atoms with E-state index in [4.69, 9.17) is 9.47 Å². The number of likely N-dealkylation sites (tertiary alicyclic amines) is 1. The quantitative estimate of drug-likeness (QED) is 0.141. The number of ether oxygens (including phenoxy) is 2. The second-order valence-corrected chi connectivity index (χ2v) is 17.2. The highest BCUT2D eigenvalue weighted by molar-refractivity contribution is 5.97. The molecule has 15 nitrogen and oxygen atoms in total. The molecule has 1 aliphatic rings. The molecule has 0 aliphatic carbocycles. The van der Waals surface area contributed by atoms with Crippen molar-refractivity contribution in [3.05, 3.63) is 35.9 Å². The van der Waals surface area contributed by atoms with Gasteiger partial charge in [-0.2, -0.15) is 0 Å². The van der Waals surface area contributed by atoms with Crippen molar-refractivity contribution < 1.29 is 43.0 Å². The number of carbonyl (C=O) groups excluding carboxylic acids is 7. The zero-order valence-corrected chi connectivity index (χ0v) is 37.7. The molecule has 6 amide bonds. The van der Waals surface area contributed by atoms with E-state index in [1.54, 1.807) is 39.5 Å². The number of nitrogens with one attached hydrogen (secondary N) is 2. The minimum Gasteiger partial charge on any atom is -0.466 e. The summed E-state index contributed by atoms with van der Waals surface area (Å²) in [5.74, 6) is -3.99. The van der Waals surface area contributed by atoms with E-state index in [1.165, 1.54) is 42.8 Å². The number of likely N-dealkylation sites (N-methyl/N-ethyl adjacent to an activating group) is 3. The molecule has 15 heteroatoms. The van der Waals surface area contributed by atoms with Gasteiger partial charge in [0.2, 0.25) is 29.5 Å². The lowest BCUT2D eigenvalue weighted by Gasteiger charge is -2.38. The zero-order chi connectivity index (χ0) is 44.6. The molecular weight excluding hydrogens is 757 g/mol. The second-order valence-electron chi connectivity index (χ2n) is 17.2. The fourth-order valence-electron chi connectivity index (χ4n) is 7.18. The summed E-state index contributed by atoms with van der Waals surface area (Å²) in [5.41, 5.74) is -0.0318. The van der Waals surface area contributed by atoms with E-state index in [-0.39, 0.29) is 31.3 Å². The Labute approximate surface area is 352 Å². The molecule has 1 fully saturated rings. The third-order valence-corrected chi connectivity index (χ3v) is 10.7. The predicted molar refractivity (Wildman–Crippen MR) is 226 cm³/mol. The number of unbranched alkanes of at least 4 members (excludes halogenated alkanes) is 1. The number of hydrogen-bond acceptors (Lipinski definition) is 9. The number of amides is 6. The number of carbonyl (C=O) groups is 7. The minimum absolute atomic E-state index is 0.0932. The molecule has 1 aromatic rings. The normalized spacial score (nSPS) is 16.1. The first-order chi connectivity index (χ1) is 27.6. The molecule has 1 saturated heterocycles. The average Bonchev–Trinajstić information content (AvgIpc) is 3.18. The van der Waals surface area contributed by atoms with E-state index in [0.717, 1.165) is 31.2 Å². The van der Waals surface area contributed by atoms with Gasteiger partial charge >= 0.3 is 12.1 Å². The van der Waals surface area contributed by atoms with E-state index in [1.807, 2.05) is 51.1 Å². The van der Waals surface area contributed by atoms with Crippen LogP contribution >= 0.6 is 0 Å². The Morgan fingerprint density at radius 3 is 1.92 bits per heavy atom. The monoisotopic (exact) mass is 829 g/mol. The molecule has 0 aromatic heterocycles. The van der Waals surface area contributed by atoms with Crippen LogP contribution in [0.5, 0.6) is 0 Å². The summed E-state index contributed by atoms with van der Waals surface area (Å²) in [6.45, 7) is 17.2. The Morgan fingerprint density at radius 1 is 0.780 bits per heavy atom. The van der Waals surface area contributed by atoms with Gasteiger partial charge in [-0.05, 0) is 70.8 Å². The first-order valence-electron chi connectivity index (χ1n) is 21.2. The Hall–Kier alpha value is -4.69. The predicted octanol–water partition coefficient (Wildman–Crippen LogP) is 4.56. The highest BCUT2D eigenvalue weighted by Crippen LogP contribution is 2.21. The van der Waals surface area contributed by atoms with Crippen LogP contribution in [-0.4, -0.2) is 138 Å². The van der Waals surface area contributed by atoms with Crippen molar-refractivity contribution in [3.8, 4) is 0 Å². The summed E-state index contributed by atoms with van der Waals surface area (Å²) in [4.78, 5) is 102. The number of esters is 1. The summed E-state index contributed by atoms with van der Waals surface area (Å²) >= 11 is 0. The summed E-state index contributed by atoms with van der Waals surface area (Å²) in [6, 6.07) is 3.68. The van der Waals surface area contributed by atoms with Gasteiger partial charge in [-0.3, -0.25) is 33.7 Å². The van der Waals surface area contributed by atoms with Crippen molar-refractivity contribution in [1.82, 2.24) is 30.2 Å². The molecule has 0 radical (unpaired) electrons. The maximum atomic E-state index is 14.7. The van der Waals surface area contributed by atoms with Gasteiger partial charge in [-0.15, -0.1) is 0 Å². The summed E-state index contributed by atoms with van der Waals surface area (Å²) < 4.78 is 10.9. The number of benzene rings is 1. The summed E-state index contributed by atoms with van der Waals surface area (Å²) in [6.07, 6.45) is 3.74. The van der Waals surface area contributed by atoms with Crippen LogP contribution < -0.4 is 10.6 Å². The molecule has 1 aromatic carbocycles. The van der Waals surface area contributed by atoms with Crippen LogP contribution in [0.2, 0.25) is 0 Å². The van der Waals surface area contributed by atoms with Crippen molar-refractivity contribution >= 4 is 41.6 Å². The lowest BCUT2D eigenvalue weighted by Crippen LogP contribution is -2.61. The van der Waals surface area contributed by atoms with E-state index >= 15 is 0 Å². The molecule has 332 valence electrons. The Balaban J connectivity index is 2.41. The zero-order valence-electron chi connectivity index (χ0n) is 37.7. The standard InChI is InChI=1S/C44H72N6O9/c1-13-15-26-58-35(51)28-33(41(55)50-24-20-17-21-25-50)46-38(52)36(29(3)4)48(11)42(56)34(27-32-22-18-16-19-23-32)47(10)40(54)31(6)45-39(53)37(30(5)14-2)49(12)43(57)59-44(7,8)9/h16,18-19,22-23,29-31,33-34,36-37H,13-15,17,20-21,24-28H2,1-12H3,(H,45,53)(H,46,52)/t30-,31-,33-,34-,36-,37-/m0/s1. The lowest BCUT2D eigenvalue weighted by atomic mass is 9.96. The highest BCUT2D eigenvalue weighted by atomic mass is 16.6. The van der Waals surface area contributed by atoms with Crippen LogP contribution in [-0.2, 0) is 44.7 Å². The van der Waals surface area contributed by atoms with Gasteiger partial charge in [0.25, 0.3) is 0 Å². The van der Waals surface area contributed by atoms with E-state index in [0.29, 0.717) is 25.9 Å². The van der Waals surface area contributed by atoms with Gasteiger partial charge in [0.1, 0.15) is 35.8 Å². The maximum absolute atomic E-state index is 14.7. The third kappa shape index (κ3) is 15.5. The van der Waals surface area contributed by atoms with Crippen molar-refractivity contribution in [2.45, 2.75) is 149 Å². The van der Waals surface area contributed by atoms with Gasteiger partial charge in [-0.1, -0.05) is 77.8 Å². The van der Waals surface area contributed by atoms with E-state index in [2.05, 4.69) is 10.6 Å². The Morgan fingerprint density at radius 2 is 1.37 bits per heavy atom. The number of rotatable bonds is 20. The first-order valence-corrected chi connectivity index (χ1v) is 21.2. The molecule has 2 N–H and O–H groups in total. The number of hydrogen-bond donors (Lipinski definition) is 2. The molecule has 59 heavy (non-hydrogen) atoms. The van der Waals surface area contributed by atoms with Gasteiger partial charge in [0, 0.05) is 40.7 Å². The molecule has 0 bridgehead atoms. The van der Waals surface area contributed by atoms with E-state index in [9.17, 15) is 33.6 Å². The molecule has 0 saturated carbocycles. The summed E-state index contributed by atoms with van der Waals surface area (Å²) in [5, 5.41) is 5.57. The van der Waals surface area contributed by atoms with E-state index < -0.39 is 77.4 Å². The molecule has 2 rings (SSSR count). The van der Waals surface area contributed by atoms with Crippen LogP contribution in [0, 0.1) is 11.8 Å². The lowest BCUT2D eigenvalue weighted by molar-refractivity contribution is -0.151. The smallest absolute Gasteiger partial charge is 0.410 e. The highest BCUT2D eigenvalue weighted by Gasteiger charge is 2.41. The molecule has 1 aliphatic heterocycles. The number of piperidine rings is 1. The minimum atomic E-state index is -1.19. The third-order valence-electron chi connectivity index (χ3n) is 10.7. The van der Waals surface area contributed by atoms with Crippen molar-refractivity contribution in [2.75, 3.05) is 40.8 Å². The van der Waals surface area contributed by atoms with Crippen molar-refractivity contribution in [2.24, 2.45) is 11.8 Å². The fourth-order valence-corrected chi connectivity index (χ4v) is 7.18. The molecule has 0 unspecified atom stereocenters. The number of nitrogens with zero attached hydrogens (tertiary/aromatic N) is 4. The van der Waals surface area contributed by atoms with Crippen molar-refractivity contribution in [1.29, 1.82) is 0 Å². The van der Waals surface area contributed by atoms with Gasteiger partial charge in [-0.25, -0.2) is 4.79 Å². The topological polar surface area (TPSA) is 175 Å². The first kappa shape index (κ1) is 50.5. The Bertz CT molecular complexity index is 1560. The van der Waals surface area contributed by atoms with Crippen LogP contribution in [0.25, 0.3) is 0 Å². The summed E-state index contributed by atoms with van der Waals surface area (Å²) in [7, 11) is 4.45. The van der Waals surface area contributed by atoms with Crippen molar-refractivity contribution in [3.63, 3.8) is 0 Å². The van der Waals surface area contributed by atoms with Gasteiger partial charge in [0.15, 0.2) is 0 Å². The Kier molecular flexibility index (Phi) is 20.3. The second kappa shape index (κ2) is 23.8. The van der Waals surface area contributed by atoms with Crippen LogP contribution in [0.1, 0.15) is 113 Å². The van der Waals surface area contributed by atoms with Crippen LogP contribution in [0.15, 0.2) is 30.3 Å². The van der Waals surface area contributed by atoms with Crippen LogP contribution in [0.4, 0.5) is 4.79 Å². The SMILES string of the molecule is CCCCOC(=O)C[C@H](NC(=O)[C@H](C(C)C)N(C)C(=O)[C@H](Cc1ccccc1)N(C)C(=O)[C@H](C)NC(=O)[C@H]([C@@H](C)CC)N(C)C(=O)OC(C)(C)C)C(=O)N1CCCCC1. The largest absolute Gasteiger partial charge is 0.466 e. The van der Waals surface area contributed by atoms with Gasteiger partial charge < -0.3 is 34.8 Å². The van der Waals surface area contributed by atoms with Gasteiger partial charge in [0.05, 0.1) is 13.0 Å². The molecule has 0 spiro atoms. The molecule has 6 atom stereocenters. The fraction of sp³-hybridized carbons (Fsp3) is 0.705.